The topological polar surface area (TPSA) is 172 Å². The Morgan fingerprint density at radius 3 is 0.500 bits per heavy atom. The summed E-state index contributed by atoms with van der Waals surface area (Å²) >= 11 is 0. The first-order valence-electron chi connectivity index (χ1n) is 1.46. The van der Waals surface area contributed by atoms with E-state index in [0.717, 1.165) is 0 Å². The van der Waals surface area contributed by atoms with Crippen LogP contribution in [0.2, 0.25) is 0 Å². The van der Waals surface area contributed by atoms with Crippen LogP contribution < -0.4 is 38.8 Å². The summed E-state index contributed by atoms with van der Waals surface area (Å²) in [6, 6.07) is 0. The normalized spacial score (nSPS) is 7.38. The smallest absolute Gasteiger partial charge is 1.00 e. The first-order chi connectivity index (χ1) is 4.00. The van der Waals surface area contributed by atoms with Crippen LogP contribution in [0.25, 0.3) is 0 Å². The number of rotatable bonds is 0. The average molecular weight is 777 g/mol. The van der Waals surface area contributed by atoms with Crippen molar-refractivity contribution in [1.29, 1.82) is 0 Å². The monoisotopic (exact) mass is 780 g/mol. The van der Waals surface area contributed by atoms with Gasteiger partial charge in [0.15, 0.2) is 0 Å². The summed E-state index contributed by atoms with van der Waals surface area (Å²) in [4.78, 5) is 51.3. The van der Waals surface area contributed by atoms with Gasteiger partial charge in [0.1, 0.15) is 0 Å². The summed E-state index contributed by atoms with van der Waals surface area (Å²) in [5, 5.41) is 0. The molecule has 0 aromatic heterocycles. The van der Waals surface area contributed by atoms with E-state index in [9.17, 15) is 0 Å². The van der Waals surface area contributed by atoms with Crippen molar-refractivity contribution in [3.05, 3.63) is 0 Å². The molecule has 0 N–H and O–H groups in total. The van der Waals surface area contributed by atoms with E-state index in [4.69, 9.17) is 38.5 Å². The Morgan fingerprint density at radius 1 is 0.500 bits per heavy atom. The van der Waals surface area contributed by atoms with Crippen molar-refractivity contribution in [3.63, 3.8) is 0 Å². The molecule has 0 saturated carbocycles. The molecular weight excluding hydrogens is 777 g/mol. The third-order valence-corrected chi connectivity index (χ3v) is 0. The van der Waals surface area contributed by atoms with Crippen molar-refractivity contribution >= 4 is 211 Å². The molecule has 0 atom stereocenters. The molecule has 0 aliphatic carbocycles. The Balaban J connectivity index is -0.00000000970. The fourth-order valence-corrected chi connectivity index (χ4v) is 0. The molecule has 0 aliphatic heterocycles. The molecule has 0 unspecified atom stereocenters. The van der Waals surface area contributed by atoms with E-state index in [1.54, 1.807) is 0 Å². The minimum Gasteiger partial charge on any atom is -1.00 e. The molecule has 0 aliphatic rings. The molecule has 0 fully saturated rings. The minimum atomic E-state index is -5.39. The van der Waals surface area contributed by atoms with Gasteiger partial charge in [-0.25, -0.2) is 0 Å². The summed E-state index contributed by atoms with van der Waals surface area (Å²) in [5.41, 5.74) is 0. The van der Waals surface area contributed by atoms with E-state index in [1.807, 2.05) is 0 Å². The standard InChI is InChI=1S/4Ba.2FH.2H3O4P/c;;;;;;2*1-5(2,3)4/h;;;;2*1H;2*(H3,1,2,3,4)/q4*+2;;;;/p-8. The van der Waals surface area contributed by atoms with Crippen LogP contribution in [0.4, 0.5) is 0 Å². The third kappa shape index (κ3) is 188. The predicted molar refractivity (Wildman–Crippen MR) is 38.2 cm³/mol. The zero-order valence-electron chi connectivity index (χ0n) is 7.74. The summed E-state index contributed by atoms with van der Waals surface area (Å²) < 4.78 is 17.1. The van der Waals surface area contributed by atoms with Gasteiger partial charge >= 0.3 is 196 Å². The van der Waals surface area contributed by atoms with Gasteiger partial charge in [-0.05, 0) is 0 Å². The van der Waals surface area contributed by atoms with Gasteiger partial charge in [0.2, 0.25) is 0 Å². The van der Waals surface area contributed by atoms with Crippen molar-refractivity contribution in [3.8, 4) is 0 Å². The van der Waals surface area contributed by atoms with Crippen molar-refractivity contribution in [1.82, 2.24) is 0 Å². The summed E-state index contributed by atoms with van der Waals surface area (Å²) in [7, 11) is -10.8. The van der Waals surface area contributed by atoms with Gasteiger partial charge in [0.25, 0.3) is 0 Å². The summed E-state index contributed by atoms with van der Waals surface area (Å²) in [5.74, 6) is 0. The van der Waals surface area contributed by atoms with Crippen LogP contribution in [0.1, 0.15) is 0 Å². The molecule has 0 heterocycles. The van der Waals surface area contributed by atoms with E-state index in [0.29, 0.717) is 0 Å². The average Bonchev–Trinajstić information content (AvgIpc) is 1.12. The molecule has 0 saturated heterocycles. The van der Waals surface area contributed by atoms with Gasteiger partial charge in [-0.2, -0.15) is 15.6 Å². The van der Waals surface area contributed by atoms with E-state index in [1.165, 1.54) is 0 Å². The van der Waals surface area contributed by atoms with E-state index < -0.39 is 15.6 Å². The molecule has 0 amide bonds. The molecule has 80 valence electrons. The Labute approximate surface area is 251 Å². The number of phosphoric acid groups is 2. The second-order valence-electron chi connectivity index (χ2n) is 0.894. The molecule has 0 aromatic rings. The maximum Gasteiger partial charge on any atom is 2.00 e. The summed E-state index contributed by atoms with van der Waals surface area (Å²) in [6.07, 6.45) is 0. The molecule has 0 bridgehead atoms. The van der Waals surface area contributed by atoms with E-state index in [-0.39, 0.29) is 205 Å². The van der Waals surface area contributed by atoms with Gasteiger partial charge in [-0.1, -0.05) is 0 Å². The molecule has 0 rings (SSSR count). The fourth-order valence-electron chi connectivity index (χ4n) is 0. The van der Waals surface area contributed by atoms with Crippen LogP contribution in [-0.2, 0) is 9.13 Å². The van der Waals surface area contributed by atoms with Crippen LogP contribution in [-0.4, -0.2) is 196 Å². The van der Waals surface area contributed by atoms with Crippen molar-refractivity contribution < 1.29 is 47.9 Å². The minimum absolute atomic E-state index is 0. The SMILES string of the molecule is O=P([O-])([O-])[O-].O=P([O-])([O-])[O-].[Ba+2].[Ba+2].[Ba+2].[Ba+2].[F-].[F-]. The molecule has 16 heavy (non-hydrogen) atoms. The Bertz CT molecular complexity index is 140. The first-order valence-corrected chi connectivity index (χ1v) is 4.38. The first kappa shape index (κ1) is 49.5. The number of hydrogen-bond donors (Lipinski definition) is 0. The molecular formula is Ba4F2O8P2. The molecule has 16 heteroatoms. The second kappa shape index (κ2) is 26.3. The van der Waals surface area contributed by atoms with E-state index in [2.05, 4.69) is 0 Å². The van der Waals surface area contributed by atoms with Crippen molar-refractivity contribution in [2.75, 3.05) is 0 Å². The van der Waals surface area contributed by atoms with Gasteiger partial charge < -0.3 is 47.9 Å². The van der Waals surface area contributed by atoms with Crippen LogP contribution >= 0.6 is 15.6 Å². The van der Waals surface area contributed by atoms with E-state index >= 15 is 0 Å². The Morgan fingerprint density at radius 2 is 0.500 bits per heavy atom. The summed E-state index contributed by atoms with van der Waals surface area (Å²) in [6.45, 7) is 0. The van der Waals surface area contributed by atoms with Crippen molar-refractivity contribution in [2.45, 2.75) is 0 Å². The largest absolute Gasteiger partial charge is 2.00 e. The van der Waals surface area contributed by atoms with Crippen LogP contribution in [0.5, 0.6) is 0 Å². The molecule has 0 spiro atoms. The predicted octanol–water partition coefficient (Wildman–Crippen LogP) is -13.2. The maximum atomic E-state index is 8.55. The van der Waals surface area contributed by atoms with Crippen LogP contribution in [0.3, 0.4) is 0 Å². The molecule has 8 nitrogen and oxygen atoms in total. The Hall–Kier alpha value is 6.37. The number of hydrogen-bond acceptors (Lipinski definition) is 8. The van der Waals surface area contributed by atoms with Crippen LogP contribution in [0, 0.1) is 0 Å². The maximum absolute atomic E-state index is 8.55. The fraction of sp³-hybridized carbons (Fsp3) is 0. The van der Waals surface area contributed by atoms with Crippen LogP contribution in [0.15, 0.2) is 0 Å². The van der Waals surface area contributed by atoms with Crippen molar-refractivity contribution in [2.24, 2.45) is 0 Å². The zero-order valence-corrected chi connectivity index (χ0v) is 27.3. The zero-order chi connectivity index (χ0) is 9.00. The quantitative estimate of drug-likeness (QED) is 0.173. The molecule has 0 radical (unpaired) electrons. The third-order valence-electron chi connectivity index (χ3n) is 0. The number of halogens is 2. The Kier molecular flexibility index (Phi) is 81.2. The molecule has 0 aromatic carbocycles. The second-order valence-corrected chi connectivity index (χ2v) is 2.68. The van der Waals surface area contributed by atoms with Gasteiger partial charge in [-0.15, -0.1) is 0 Å². The van der Waals surface area contributed by atoms with Gasteiger partial charge in [0.05, 0.1) is 0 Å². The van der Waals surface area contributed by atoms with Gasteiger partial charge in [-0.3, -0.25) is 0 Å². The van der Waals surface area contributed by atoms with Gasteiger partial charge in [0, 0.05) is 0 Å².